The molecule has 0 bridgehead atoms. The first-order chi connectivity index (χ1) is 9.65. The van der Waals surface area contributed by atoms with Crippen molar-refractivity contribution in [3.63, 3.8) is 0 Å². The van der Waals surface area contributed by atoms with Gasteiger partial charge in [0.1, 0.15) is 5.01 Å². The summed E-state index contributed by atoms with van der Waals surface area (Å²) in [6, 6.07) is 4.80. The molecule has 20 heavy (non-hydrogen) atoms. The van der Waals surface area contributed by atoms with E-state index in [4.69, 9.17) is 4.74 Å². The Morgan fingerprint density at radius 1 is 1.50 bits per heavy atom. The number of hydrogen-bond donors (Lipinski definition) is 2. The molecule has 5 nitrogen and oxygen atoms in total. The average molecular weight is 292 g/mol. The van der Waals surface area contributed by atoms with E-state index in [2.05, 4.69) is 17.2 Å². The summed E-state index contributed by atoms with van der Waals surface area (Å²) in [5.74, 6) is -0.226. The number of hydrogen-bond acceptors (Lipinski definition) is 5. The Labute approximate surface area is 121 Å². The summed E-state index contributed by atoms with van der Waals surface area (Å²) in [6.07, 6.45) is 2.75. The normalized spacial score (nSPS) is 10.3. The van der Waals surface area contributed by atoms with Crippen LogP contribution in [0.4, 0.5) is 0 Å². The number of rotatable bonds is 5. The molecular formula is C14H16N2O3S. The van der Waals surface area contributed by atoms with E-state index in [9.17, 15) is 9.90 Å². The van der Waals surface area contributed by atoms with E-state index in [1.165, 1.54) is 12.0 Å². The van der Waals surface area contributed by atoms with Crippen LogP contribution in [0.3, 0.4) is 0 Å². The Kier molecular flexibility index (Phi) is 4.57. The fraction of sp³-hybridized carbons (Fsp3) is 0.286. The van der Waals surface area contributed by atoms with Crippen LogP contribution in [0, 0.1) is 0 Å². The molecule has 0 atom stereocenters. The van der Waals surface area contributed by atoms with Gasteiger partial charge < -0.3 is 15.2 Å². The second-order valence-electron chi connectivity index (χ2n) is 4.11. The van der Waals surface area contributed by atoms with Crippen molar-refractivity contribution in [2.75, 3.05) is 7.11 Å². The lowest BCUT2D eigenvalue weighted by molar-refractivity contribution is 0.0947. The third-order valence-corrected chi connectivity index (χ3v) is 3.96. The molecule has 0 radical (unpaired) electrons. The molecule has 6 heteroatoms. The van der Waals surface area contributed by atoms with E-state index in [0.717, 1.165) is 11.4 Å². The maximum absolute atomic E-state index is 12.0. The minimum absolute atomic E-state index is 0.152. The fourth-order valence-corrected chi connectivity index (χ4v) is 2.52. The SMILES string of the molecule is CCc1cnc(CNC(=O)c2cccc(OC)c2O)s1. The maximum Gasteiger partial charge on any atom is 0.255 e. The number of thiazole rings is 1. The summed E-state index contributed by atoms with van der Waals surface area (Å²) in [4.78, 5) is 17.4. The highest BCUT2D eigenvalue weighted by Gasteiger charge is 2.14. The van der Waals surface area contributed by atoms with Crippen molar-refractivity contribution >= 4 is 17.2 Å². The molecule has 0 aliphatic carbocycles. The van der Waals surface area contributed by atoms with Crippen molar-refractivity contribution < 1.29 is 14.6 Å². The number of carbonyl (C=O) groups excluding carboxylic acids is 1. The molecular weight excluding hydrogens is 276 g/mol. The van der Waals surface area contributed by atoms with Crippen molar-refractivity contribution in [1.29, 1.82) is 0 Å². The van der Waals surface area contributed by atoms with Crippen molar-refractivity contribution in [3.05, 3.63) is 39.8 Å². The number of amides is 1. The van der Waals surface area contributed by atoms with Crippen LogP contribution < -0.4 is 10.1 Å². The predicted molar refractivity (Wildman–Crippen MR) is 77.3 cm³/mol. The lowest BCUT2D eigenvalue weighted by Crippen LogP contribution is -2.22. The summed E-state index contributed by atoms with van der Waals surface area (Å²) in [7, 11) is 1.44. The van der Waals surface area contributed by atoms with E-state index in [1.807, 2.05) is 6.20 Å². The van der Waals surface area contributed by atoms with Gasteiger partial charge >= 0.3 is 0 Å². The molecule has 0 saturated carbocycles. The van der Waals surface area contributed by atoms with Gasteiger partial charge in [-0.3, -0.25) is 4.79 Å². The Morgan fingerprint density at radius 2 is 2.30 bits per heavy atom. The molecule has 1 heterocycles. The lowest BCUT2D eigenvalue weighted by Gasteiger charge is -2.08. The number of benzene rings is 1. The van der Waals surface area contributed by atoms with Crippen LogP contribution >= 0.6 is 11.3 Å². The molecule has 0 spiro atoms. The zero-order chi connectivity index (χ0) is 14.5. The molecule has 1 aromatic carbocycles. The topological polar surface area (TPSA) is 71.5 Å². The monoisotopic (exact) mass is 292 g/mol. The van der Waals surface area contributed by atoms with E-state index in [1.54, 1.807) is 29.5 Å². The zero-order valence-electron chi connectivity index (χ0n) is 11.3. The van der Waals surface area contributed by atoms with Crippen LogP contribution in [0.15, 0.2) is 24.4 Å². The Bertz CT molecular complexity index is 610. The first-order valence-electron chi connectivity index (χ1n) is 6.23. The van der Waals surface area contributed by atoms with E-state index in [-0.39, 0.29) is 23.0 Å². The minimum Gasteiger partial charge on any atom is -0.504 e. The van der Waals surface area contributed by atoms with Gasteiger partial charge in [0.05, 0.1) is 19.2 Å². The first-order valence-corrected chi connectivity index (χ1v) is 7.05. The van der Waals surface area contributed by atoms with E-state index in [0.29, 0.717) is 6.54 Å². The summed E-state index contributed by atoms with van der Waals surface area (Å²) < 4.78 is 4.98. The molecule has 0 fully saturated rings. The van der Waals surface area contributed by atoms with Crippen LogP contribution in [0.2, 0.25) is 0 Å². The van der Waals surface area contributed by atoms with Crippen LogP contribution in [0.25, 0.3) is 0 Å². The number of phenolic OH excluding ortho intramolecular Hbond substituents is 1. The van der Waals surface area contributed by atoms with Crippen molar-refractivity contribution in [1.82, 2.24) is 10.3 Å². The van der Waals surface area contributed by atoms with Gasteiger partial charge in [0.25, 0.3) is 5.91 Å². The third kappa shape index (κ3) is 3.08. The summed E-state index contributed by atoms with van der Waals surface area (Å²) in [5.41, 5.74) is 0.191. The molecule has 106 valence electrons. The van der Waals surface area contributed by atoms with Gasteiger partial charge in [0.2, 0.25) is 0 Å². The van der Waals surface area contributed by atoms with Gasteiger partial charge in [-0.25, -0.2) is 4.98 Å². The van der Waals surface area contributed by atoms with Crippen LogP contribution in [-0.4, -0.2) is 23.1 Å². The number of methoxy groups -OCH3 is 1. The standard InChI is InChI=1S/C14H16N2O3S/c1-3-9-7-15-12(20-9)8-16-14(18)10-5-4-6-11(19-2)13(10)17/h4-7,17H,3,8H2,1-2H3,(H,16,18). The van der Waals surface area contributed by atoms with Crippen molar-refractivity contribution in [2.45, 2.75) is 19.9 Å². The minimum atomic E-state index is -0.352. The van der Waals surface area contributed by atoms with Gasteiger partial charge in [-0.2, -0.15) is 0 Å². The molecule has 0 saturated heterocycles. The molecule has 2 N–H and O–H groups in total. The molecule has 0 aliphatic rings. The summed E-state index contributed by atoms with van der Waals surface area (Å²) in [5, 5.41) is 13.5. The highest BCUT2D eigenvalue weighted by atomic mass is 32.1. The lowest BCUT2D eigenvalue weighted by atomic mass is 10.1. The first kappa shape index (κ1) is 14.3. The zero-order valence-corrected chi connectivity index (χ0v) is 12.2. The number of nitrogens with zero attached hydrogens (tertiary/aromatic N) is 1. The molecule has 2 aromatic rings. The van der Waals surface area contributed by atoms with E-state index < -0.39 is 0 Å². The molecule has 2 rings (SSSR count). The number of aromatic hydroxyl groups is 1. The molecule has 1 aromatic heterocycles. The highest BCUT2D eigenvalue weighted by Crippen LogP contribution is 2.29. The third-order valence-electron chi connectivity index (χ3n) is 2.81. The van der Waals surface area contributed by atoms with Crippen LogP contribution in [0.1, 0.15) is 27.2 Å². The Balaban J connectivity index is 2.05. The number of ether oxygens (including phenoxy) is 1. The fourth-order valence-electron chi connectivity index (χ4n) is 1.71. The van der Waals surface area contributed by atoms with Gasteiger partial charge in [-0.05, 0) is 18.6 Å². The van der Waals surface area contributed by atoms with E-state index >= 15 is 0 Å². The van der Waals surface area contributed by atoms with Crippen molar-refractivity contribution in [2.24, 2.45) is 0 Å². The number of carbonyl (C=O) groups is 1. The second-order valence-corrected chi connectivity index (χ2v) is 5.31. The van der Waals surface area contributed by atoms with Gasteiger partial charge in [-0.15, -0.1) is 11.3 Å². The summed E-state index contributed by atoms with van der Waals surface area (Å²) in [6.45, 7) is 2.41. The Morgan fingerprint density at radius 3 is 2.95 bits per heavy atom. The van der Waals surface area contributed by atoms with Gasteiger partial charge in [0, 0.05) is 11.1 Å². The smallest absolute Gasteiger partial charge is 0.255 e. The highest BCUT2D eigenvalue weighted by molar-refractivity contribution is 7.11. The molecule has 0 aliphatic heterocycles. The van der Waals surface area contributed by atoms with Crippen LogP contribution in [-0.2, 0) is 13.0 Å². The number of aromatic nitrogens is 1. The number of aryl methyl sites for hydroxylation is 1. The number of phenols is 1. The second kappa shape index (κ2) is 6.38. The number of para-hydroxylation sites is 1. The summed E-state index contributed by atoms with van der Waals surface area (Å²) >= 11 is 1.57. The number of nitrogens with one attached hydrogen (secondary N) is 1. The maximum atomic E-state index is 12.0. The quantitative estimate of drug-likeness (QED) is 0.887. The molecule has 0 unspecified atom stereocenters. The average Bonchev–Trinajstić information content (AvgIpc) is 2.93. The Hall–Kier alpha value is -2.08. The van der Waals surface area contributed by atoms with Crippen LogP contribution in [0.5, 0.6) is 11.5 Å². The van der Waals surface area contributed by atoms with Gasteiger partial charge in [-0.1, -0.05) is 13.0 Å². The molecule has 1 amide bonds. The largest absolute Gasteiger partial charge is 0.504 e. The van der Waals surface area contributed by atoms with Gasteiger partial charge in [0.15, 0.2) is 11.5 Å². The predicted octanol–water partition coefficient (Wildman–Crippen LogP) is 2.35. The van der Waals surface area contributed by atoms with Crippen molar-refractivity contribution in [3.8, 4) is 11.5 Å².